The standard InChI is InChI=1S/C23H28ClN3O.ClH/c24-19-7-4-6-18(16-19)23(17-25)12-10-21(11-13-23)27-15-5-14-26(22(27)28)20-8-2-1-3-9-20;/h1-4,6-9,16,21H,5,10-15,17,25H2;1H. The number of hydrogen-bond acceptors (Lipinski definition) is 2. The van der Waals surface area contributed by atoms with Crippen LogP contribution in [0.1, 0.15) is 37.7 Å². The van der Waals surface area contributed by atoms with Gasteiger partial charge in [-0.05, 0) is 61.9 Å². The van der Waals surface area contributed by atoms with E-state index in [4.69, 9.17) is 17.3 Å². The monoisotopic (exact) mass is 433 g/mol. The third-order valence-corrected chi connectivity index (χ3v) is 6.74. The van der Waals surface area contributed by atoms with E-state index >= 15 is 0 Å². The van der Waals surface area contributed by atoms with Gasteiger partial charge in [0.15, 0.2) is 0 Å². The van der Waals surface area contributed by atoms with Gasteiger partial charge in [-0.3, -0.25) is 4.90 Å². The number of para-hydroxylation sites is 1. The van der Waals surface area contributed by atoms with Crippen LogP contribution in [0.4, 0.5) is 10.5 Å². The average molecular weight is 434 g/mol. The molecule has 6 heteroatoms. The van der Waals surface area contributed by atoms with Crippen LogP contribution in [0.25, 0.3) is 0 Å². The summed E-state index contributed by atoms with van der Waals surface area (Å²) < 4.78 is 0. The number of nitrogens with two attached hydrogens (primary N) is 1. The molecular formula is C23H29Cl2N3O. The van der Waals surface area contributed by atoms with Gasteiger partial charge in [-0.15, -0.1) is 12.4 Å². The second-order valence-electron chi connectivity index (χ2n) is 8.04. The van der Waals surface area contributed by atoms with Crippen LogP contribution in [-0.4, -0.2) is 36.6 Å². The first kappa shape index (κ1) is 21.9. The molecule has 0 aromatic heterocycles. The van der Waals surface area contributed by atoms with Crippen molar-refractivity contribution in [1.29, 1.82) is 0 Å². The second kappa shape index (κ2) is 9.38. The molecule has 156 valence electrons. The van der Waals surface area contributed by atoms with E-state index in [9.17, 15) is 4.79 Å². The maximum Gasteiger partial charge on any atom is 0.324 e. The van der Waals surface area contributed by atoms with Crippen molar-refractivity contribution in [1.82, 2.24) is 4.90 Å². The van der Waals surface area contributed by atoms with Gasteiger partial charge in [0.05, 0.1) is 0 Å². The summed E-state index contributed by atoms with van der Waals surface area (Å²) in [7, 11) is 0. The van der Waals surface area contributed by atoms with E-state index in [1.165, 1.54) is 5.56 Å². The molecule has 29 heavy (non-hydrogen) atoms. The summed E-state index contributed by atoms with van der Waals surface area (Å²) in [6.45, 7) is 2.26. The molecule has 1 aliphatic heterocycles. The number of benzene rings is 2. The van der Waals surface area contributed by atoms with Crippen molar-refractivity contribution in [3.63, 3.8) is 0 Å². The van der Waals surface area contributed by atoms with Gasteiger partial charge in [-0.2, -0.15) is 0 Å². The van der Waals surface area contributed by atoms with E-state index in [2.05, 4.69) is 17.0 Å². The van der Waals surface area contributed by atoms with E-state index in [1.54, 1.807) is 0 Å². The normalized spacial score (nSPS) is 24.9. The van der Waals surface area contributed by atoms with E-state index in [0.717, 1.165) is 55.9 Å². The van der Waals surface area contributed by atoms with E-state index < -0.39 is 0 Å². The molecular weight excluding hydrogens is 405 g/mol. The molecule has 2 aromatic carbocycles. The molecule has 2 fully saturated rings. The molecule has 0 spiro atoms. The maximum absolute atomic E-state index is 13.2. The zero-order chi connectivity index (χ0) is 19.6. The molecule has 2 amide bonds. The molecule has 2 aliphatic rings. The Morgan fingerprint density at radius 1 is 1.03 bits per heavy atom. The fourth-order valence-electron chi connectivity index (χ4n) is 4.83. The predicted molar refractivity (Wildman–Crippen MR) is 122 cm³/mol. The smallest absolute Gasteiger partial charge is 0.324 e. The van der Waals surface area contributed by atoms with Crippen LogP contribution in [0, 0.1) is 0 Å². The molecule has 4 nitrogen and oxygen atoms in total. The SMILES string of the molecule is Cl.NCC1(c2cccc(Cl)c2)CCC(N2CCCN(c3ccccc3)C2=O)CC1. The quantitative estimate of drug-likeness (QED) is 0.716. The first-order chi connectivity index (χ1) is 13.6. The number of carbonyl (C=O) groups is 1. The molecule has 0 unspecified atom stereocenters. The summed E-state index contributed by atoms with van der Waals surface area (Å²) in [6.07, 6.45) is 4.96. The lowest BCUT2D eigenvalue weighted by Gasteiger charge is -2.46. The molecule has 1 heterocycles. The second-order valence-corrected chi connectivity index (χ2v) is 8.48. The van der Waals surface area contributed by atoms with Crippen molar-refractivity contribution >= 4 is 35.7 Å². The topological polar surface area (TPSA) is 49.6 Å². The Labute approximate surface area is 184 Å². The molecule has 2 N–H and O–H groups in total. The van der Waals surface area contributed by atoms with Crippen molar-refractivity contribution < 1.29 is 4.79 Å². The molecule has 2 aromatic rings. The van der Waals surface area contributed by atoms with Crippen molar-refractivity contribution in [2.75, 3.05) is 24.5 Å². The number of hydrogen-bond donors (Lipinski definition) is 1. The van der Waals surface area contributed by atoms with Gasteiger partial charge in [0, 0.05) is 41.8 Å². The number of anilines is 1. The van der Waals surface area contributed by atoms with Crippen molar-refractivity contribution in [3.05, 3.63) is 65.2 Å². The molecule has 0 bridgehead atoms. The zero-order valence-electron chi connectivity index (χ0n) is 16.6. The Balaban J connectivity index is 0.00000240. The highest BCUT2D eigenvalue weighted by atomic mass is 35.5. The summed E-state index contributed by atoms with van der Waals surface area (Å²) in [5.74, 6) is 0. The van der Waals surface area contributed by atoms with Crippen LogP contribution >= 0.6 is 24.0 Å². The van der Waals surface area contributed by atoms with Crippen molar-refractivity contribution in [3.8, 4) is 0 Å². The number of halogens is 2. The molecule has 1 saturated carbocycles. The minimum atomic E-state index is -0.0284. The Bertz CT molecular complexity index is 822. The largest absolute Gasteiger partial charge is 0.330 e. The molecule has 0 radical (unpaired) electrons. The number of nitrogens with zero attached hydrogens (tertiary/aromatic N) is 2. The van der Waals surface area contributed by atoms with Gasteiger partial charge in [0.25, 0.3) is 0 Å². The lowest BCUT2D eigenvalue weighted by atomic mass is 9.68. The Morgan fingerprint density at radius 2 is 1.76 bits per heavy atom. The lowest BCUT2D eigenvalue weighted by Crippen LogP contribution is -2.55. The first-order valence-electron chi connectivity index (χ1n) is 10.2. The van der Waals surface area contributed by atoms with Crippen LogP contribution < -0.4 is 10.6 Å². The van der Waals surface area contributed by atoms with Gasteiger partial charge in [0.2, 0.25) is 0 Å². The van der Waals surface area contributed by atoms with Crippen LogP contribution in [0.2, 0.25) is 5.02 Å². The van der Waals surface area contributed by atoms with Gasteiger partial charge >= 0.3 is 6.03 Å². The van der Waals surface area contributed by atoms with Crippen molar-refractivity contribution in [2.45, 2.75) is 43.6 Å². The van der Waals surface area contributed by atoms with E-state index in [1.807, 2.05) is 47.4 Å². The van der Waals surface area contributed by atoms with Crippen LogP contribution in [0.5, 0.6) is 0 Å². The molecule has 0 atom stereocenters. The van der Waals surface area contributed by atoms with Crippen LogP contribution in [-0.2, 0) is 5.41 Å². The molecule has 4 rings (SSSR count). The highest BCUT2D eigenvalue weighted by Gasteiger charge is 2.40. The maximum atomic E-state index is 13.2. The third-order valence-electron chi connectivity index (χ3n) is 6.51. The fraction of sp³-hybridized carbons (Fsp3) is 0.435. The Hall–Kier alpha value is -1.75. The molecule has 1 aliphatic carbocycles. The predicted octanol–water partition coefficient (Wildman–Crippen LogP) is 5.23. The summed E-state index contributed by atoms with van der Waals surface area (Å²) in [6, 6.07) is 18.5. The number of rotatable bonds is 4. The number of amides is 2. The zero-order valence-corrected chi connectivity index (χ0v) is 18.2. The average Bonchev–Trinajstić information content (AvgIpc) is 2.75. The summed E-state index contributed by atoms with van der Waals surface area (Å²) in [5.41, 5.74) is 8.43. The lowest BCUT2D eigenvalue weighted by molar-refractivity contribution is 0.131. The number of carbonyl (C=O) groups excluding carboxylic acids is 1. The van der Waals surface area contributed by atoms with E-state index in [-0.39, 0.29) is 29.9 Å². The first-order valence-corrected chi connectivity index (χ1v) is 10.6. The van der Waals surface area contributed by atoms with E-state index in [0.29, 0.717) is 6.54 Å². The third kappa shape index (κ3) is 4.40. The Morgan fingerprint density at radius 3 is 2.41 bits per heavy atom. The minimum Gasteiger partial charge on any atom is -0.330 e. The summed E-state index contributed by atoms with van der Waals surface area (Å²) >= 11 is 6.23. The van der Waals surface area contributed by atoms with Crippen LogP contribution in [0.15, 0.2) is 54.6 Å². The highest BCUT2D eigenvalue weighted by Crippen LogP contribution is 2.41. The summed E-state index contributed by atoms with van der Waals surface area (Å²) in [5, 5.41) is 0.761. The van der Waals surface area contributed by atoms with Gasteiger partial charge in [0.1, 0.15) is 0 Å². The van der Waals surface area contributed by atoms with Gasteiger partial charge in [-0.1, -0.05) is 41.9 Å². The van der Waals surface area contributed by atoms with Crippen molar-refractivity contribution in [2.24, 2.45) is 5.73 Å². The van der Waals surface area contributed by atoms with Crippen LogP contribution in [0.3, 0.4) is 0 Å². The minimum absolute atomic E-state index is 0. The number of urea groups is 1. The van der Waals surface area contributed by atoms with Gasteiger partial charge in [-0.25, -0.2) is 4.79 Å². The fourth-order valence-corrected chi connectivity index (χ4v) is 5.02. The molecule has 1 saturated heterocycles. The highest BCUT2D eigenvalue weighted by molar-refractivity contribution is 6.30. The summed E-state index contributed by atoms with van der Waals surface area (Å²) in [4.78, 5) is 17.2. The van der Waals surface area contributed by atoms with Gasteiger partial charge < -0.3 is 10.6 Å². The Kier molecular flexibility index (Phi) is 7.10.